The molecule has 1 aliphatic rings. The Bertz CT molecular complexity index is 93.6. The molecule has 2 unspecified atom stereocenters. The summed E-state index contributed by atoms with van der Waals surface area (Å²) in [6.07, 6.45) is 3.08. The van der Waals surface area contributed by atoms with Crippen molar-refractivity contribution in [3.8, 4) is 0 Å². The van der Waals surface area contributed by atoms with Crippen molar-refractivity contribution in [2.24, 2.45) is 5.92 Å². The smallest absolute Gasteiger partial charge is 0.0671 e. The van der Waals surface area contributed by atoms with Crippen molar-refractivity contribution < 1.29 is 5.11 Å². The summed E-state index contributed by atoms with van der Waals surface area (Å²) in [5, 5.41) is 12.7. The van der Waals surface area contributed by atoms with Crippen LogP contribution in [0.5, 0.6) is 0 Å². The van der Waals surface area contributed by atoms with Crippen molar-refractivity contribution in [1.29, 1.82) is 0 Å². The van der Waals surface area contributed by atoms with E-state index in [4.69, 9.17) is 0 Å². The average Bonchev–Trinajstić information content (AvgIpc) is 2.38. The molecule has 0 aromatic rings. The Morgan fingerprint density at radius 2 is 2.60 bits per heavy atom. The summed E-state index contributed by atoms with van der Waals surface area (Å²) in [6, 6.07) is 0. The number of rotatable bonds is 3. The Hall–Kier alpha value is 0.270. The maximum Gasteiger partial charge on any atom is 0.0671 e. The van der Waals surface area contributed by atoms with Crippen molar-refractivity contribution in [2.75, 3.05) is 25.1 Å². The molecule has 60 valence electrons. The van der Waals surface area contributed by atoms with E-state index in [1.807, 2.05) is 6.26 Å². The molecule has 2 nitrogen and oxygen atoms in total. The Balaban J connectivity index is 2.18. The Morgan fingerprint density at radius 1 is 1.80 bits per heavy atom. The summed E-state index contributed by atoms with van der Waals surface area (Å²) in [4.78, 5) is 0. The van der Waals surface area contributed by atoms with Gasteiger partial charge in [0.25, 0.3) is 0 Å². The molecule has 0 amide bonds. The largest absolute Gasteiger partial charge is 0.392 e. The van der Waals surface area contributed by atoms with Crippen LogP contribution in [0.2, 0.25) is 0 Å². The van der Waals surface area contributed by atoms with Gasteiger partial charge in [0.15, 0.2) is 0 Å². The van der Waals surface area contributed by atoms with Crippen LogP contribution in [0, 0.1) is 5.92 Å². The van der Waals surface area contributed by atoms with Gasteiger partial charge in [0, 0.05) is 12.3 Å². The molecule has 0 aliphatic carbocycles. The molecule has 1 heterocycles. The van der Waals surface area contributed by atoms with Gasteiger partial charge in [-0.25, -0.2) is 0 Å². The second-order valence-electron chi connectivity index (χ2n) is 2.78. The highest BCUT2D eigenvalue weighted by Gasteiger charge is 2.21. The van der Waals surface area contributed by atoms with Crippen LogP contribution < -0.4 is 5.32 Å². The van der Waals surface area contributed by atoms with Crippen molar-refractivity contribution in [2.45, 2.75) is 12.5 Å². The molecule has 0 aromatic carbocycles. The van der Waals surface area contributed by atoms with Gasteiger partial charge in [-0.05, 0) is 25.1 Å². The third kappa shape index (κ3) is 2.15. The number of hydrogen-bond donors (Lipinski definition) is 2. The van der Waals surface area contributed by atoms with Crippen molar-refractivity contribution in [3.05, 3.63) is 0 Å². The predicted octanol–water partition coefficient (Wildman–Crippen LogP) is 0.320. The lowest BCUT2D eigenvalue weighted by Crippen LogP contribution is -2.24. The topological polar surface area (TPSA) is 32.3 Å². The van der Waals surface area contributed by atoms with Gasteiger partial charge < -0.3 is 10.4 Å². The quantitative estimate of drug-likeness (QED) is 0.625. The van der Waals surface area contributed by atoms with E-state index < -0.39 is 0 Å². The van der Waals surface area contributed by atoms with E-state index in [0.717, 1.165) is 25.3 Å². The van der Waals surface area contributed by atoms with Gasteiger partial charge in [-0.1, -0.05) is 0 Å². The summed E-state index contributed by atoms with van der Waals surface area (Å²) in [6.45, 7) is 2.08. The van der Waals surface area contributed by atoms with Gasteiger partial charge in [0.1, 0.15) is 0 Å². The molecule has 1 fully saturated rings. The number of nitrogens with one attached hydrogen (secondary N) is 1. The molecule has 0 saturated carbocycles. The maximum absolute atomic E-state index is 9.49. The minimum Gasteiger partial charge on any atom is -0.392 e. The highest BCUT2D eigenvalue weighted by atomic mass is 32.2. The normalized spacial score (nSPS) is 28.8. The zero-order valence-electron chi connectivity index (χ0n) is 6.34. The van der Waals surface area contributed by atoms with Gasteiger partial charge in [-0.15, -0.1) is 0 Å². The van der Waals surface area contributed by atoms with Crippen LogP contribution in [0.15, 0.2) is 0 Å². The van der Waals surface area contributed by atoms with Crippen molar-refractivity contribution >= 4 is 11.8 Å². The molecule has 10 heavy (non-hydrogen) atoms. The minimum atomic E-state index is -0.0926. The lowest BCUT2D eigenvalue weighted by Gasteiger charge is -2.14. The summed E-state index contributed by atoms with van der Waals surface area (Å²) < 4.78 is 0. The van der Waals surface area contributed by atoms with E-state index in [0.29, 0.717) is 5.92 Å². The molecule has 1 aliphatic heterocycles. The molecule has 0 spiro atoms. The lowest BCUT2D eigenvalue weighted by atomic mass is 10.0. The summed E-state index contributed by atoms with van der Waals surface area (Å²) in [5.74, 6) is 1.39. The van der Waals surface area contributed by atoms with Crippen molar-refractivity contribution in [3.63, 3.8) is 0 Å². The molecule has 0 bridgehead atoms. The Kier molecular flexibility index (Phi) is 3.52. The second-order valence-corrected chi connectivity index (χ2v) is 3.69. The molecular formula is C7H15NOS. The molecule has 0 radical (unpaired) electrons. The maximum atomic E-state index is 9.49. The van der Waals surface area contributed by atoms with Crippen molar-refractivity contribution in [1.82, 2.24) is 5.32 Å². The Labute approximate surface area is 66.4 Å². The SMILES string of the molecule is CSCC(O)C1CCNC1. The van der Waals surface area contributed by atoms with Crippen LogP contribution in [-0.4, -0.2) is 36.3 Å². The van der Waals surface area contributed by atoms with E-state index in [9.17, 15) is 5.11 Å². The summed E-state index contributed by atoms with van der Waals surface area (Å²) >= 11 is 1.72. The zero-order chi connectivity index (χ0) is 7.40. The molecular weight excluding hydrogens is 146 g/mol. The lowest BCUT2D eigenvalue weighted by molar-refractivity contribution is 0.140. The fourth-order valence-corrected chi connectivity index (χ4v) is 1.93. The highest BCUT2D eigenvalue weighted by Crippen LogP contribution is 2.15. The standard InChI is InChI=1S/C7H15NOS/c1-10-5-7(9)6-2-3-8-4-6/h6-9H,2-5H2,1H3. The van der Waals surface area contributed by atoms with Crippen LogP contribution >= 0.6 is 11.8 Å². The minimum absolute atomic E-state index is 0.0926. The first kappa shape index (κ1) is 8.37. The first-order valence-electron chi connectivity index (χ1n) is 3.72. The van der Waals surface area contributed by atoms with Gasteiger partial charge in [-0.2, -0.15) is 11.8 Å². The third-order valence-electron chi connectivity index (χ3n) is 1.98. The number of aliphatic hydroxyl groups is 1. The number of aliphatic hydroxyl groups excluding tert-OH is 1. The van der Waals surface area contributed by atoms with Crippen LogP contribution in [0.1, 0.15) is 6.42 Å². The van der Waals surface area contributed by atoms with E-state index in [1.54, 1.807) is 11.8 Å². The molecule has 0 aromatic heterocycles. The van der Waals surface area contributed by atoms with E-state index in [2.05, 4.69) is 5.32 Å². The van der Waals surface area contributed by atoms with Gasteiger partial charge in [0.2, 0.25) is 0 Å². The van der Waals surface area contributed by atoms with Gasteiger partial charge in [0.05, 0.1) is 6.10 Å². The fourth-order valence-electron chi connectivity index (χ4n) is 1.31. The molecule has 2 N–H and O–H groups in total. The van der Waals surface area contributed by atoms with Gasteiger partial charge >= 0.3 is 0 Å². The van der Waals surface area contributed by atoms with Crippen LogP contribution in [0.4, 0.5) is 0 Å². The van der Waals surface area contributed by atoms with Crippen LogP contribution in [0.25, 0.3) is 0 Å². The van der Waals surface area contributed by atoms with E-state index in [-0.39, 0.29) is 6.10 Å². The molecule has 2 atom stereocenters. The van der Waals surface area contributed by atoms with Gasteiger partial charge in [-0.3, -0.25) is 0 Å². The first-order valence-corrected chi connectivity index (χ1v) is 5.11. The number of hydrogen-bond acceptors (Lipinski definition) is 3. The van der Waals surface area contributed by atoms with E-state index >= 15 is 0 Å². The van der Waals surface area contributed by atoms with Crippen LogP contribution in [-0.2, 0) is 0 Å². The zero-order valence-corrected chi connectivity index (χ0v) is 7.16. The highest BCUT2D eigenvalue weighted by molar-refractivity contribution is 7.98. The second kappa shape index (κ2) is 4.21. The third-order valence-corrected chi connectivity index (χ3v) is 2.65. The monoisotopic (exact) mass is 161 g/mol. The fraction of sp³-hybridized carbons (Fsp3) is 1.00. The molecule has 3 heteroatoms. The predicted molar refractivity (Wildman–Crippen MR) is 45.4 cm³/mol. The van der Waals surface area contributed by atoms with Crippen LogP contribution in [0.3, 0.4) is 0 Å². The first-order chi connectivity index (χ1) is 4.84. The van der Waals surface area contributed by atoms with E-state index in [1.165, 1.54) is 0 Å². The average molecular weight is 161 g/mol. The Morgan fingerprint density at radius 3 is 3.10 bits per heavy atom. The molecule has 1 saturated heterocycles. The number of thioether (sulfide) groups is 1. The molecule has 1 rings (SSSR count). The summed E-state index contributed by atoms with van der Waals surface area (Å²) in [5.41, 5.74) is 0. The summed E-state index contributed by atoms with van der Waals surface area (Å²) in [7, 11) is 0.